The summed E-state index contributed by atoms with van der Waals surface area (Å²) in [5, 5.41) is 3.23. The highest BCUT2D eigenvalue weighted by molar-refractivity contribution is 6.30. The molecule has 0 heterocycles. The fourth-order valence-corrected chi connectivity index (χ4v) is 2.17. The van der Waals surface area contributed by atoms with Crippen LogP contribution in [0.5, 0.6) is 0 Å². The number of nitrogens with one attached hydrogen (secondary N) is 1. The lowest BCUT2D eigenvalue weighted by Gasteiger charge is -2.28. The molecule has 4 heteroatoms. The van der Waals surface area contributed by atoms with E-state index in [2.05, 4.69) is 5.32 Å². The number of likely N-dealkylation sites (N-methyl/N-ethyl adjacent to an activating group) is 1. The number of rotatable bonds is 3. The molecule has 0 saturated heterocycles. The molecule has 1 amide bonds. The third kappa shape index (κ3) is 2.48. The van der Waals surface area contributed by atoms with E-state index in [4.69, 9.17) is 17.3 Å². The number of hydrogen-bond acceptors (Lipinski definition) is 2. The monoisotopic (exact) mass is 274 g/mol. The predicted molar refractivity (Wildman–Crippen MR) is 76.9 cm³/mol. The van der Waals surface area contributed by atoms with Gasteiger partial charge in [-0.2, -0.15) is 0 Å². The highest BCUT2D eigenvalue weighted by Crippen LogP contribution is 2.28. The van der Waals surface area contributed by atoms with Crippen molar-refractivity contribution in [1.82, 2.24) is 5.32 Å². The molecule has 0 aromatic heterocycles. The quantitative estimate of drug-likeness (QED) is 0.902. The van der Waals surface area contributed by atoms with Crippen LogP contribution in [0.3, 0.4) is 0 Å². The smallest absolute Gasteiger partial charge is 0.249 e. The van der Waals surface area contributed by atoms with Crippen molar-refractivity contribution in [2.45, 2.75) is 5.54 Å². The van der Waals surface area contributed by atoms with Gasteiger partial charge in [-0.1, -0.05) is 54.1 Å². The number of nitrogens with two attached hydrogens (primary N) is 1. The van der Waals surface area contributed by atoms with Gasteiger partial charge in [0.25, 0.3) is 0 Å². The molecule has 0 bridgehead atoms. The minimum absolute atomic E-state index is 0.263. The van der Waals surface area contributed by atoms with E-state index in [9.17, 15) is 4.79 Å². The van der Waals surface area contributed by atoms with Crippen molar-refractivity contribution in [3.63, 3.8) is 0 Å². The first kappa shape index (κ1) is 13.6. The van der Waals surface area contributed by atoms with Crippen LogP contribution in [0.4, 0.5) is 0 Å². The normalized spacial score (nSPS) is 13.6. The van der Waals surface area contributed by atoms with E-state index >= 15 is 0 Å². The van der Waals surface area contributed by atoms with Gasteiger partial charge >= 0.3 is 0 Å². The lowest BCUT2D eigenvalue weighted by atomic mass is 9.83. The molecule has 3 N–H and O–H groups in total. The molecular weight excluding hydrogens is 260 g/mol. The highest BCUT2D eigenvalue weighted by Gasteiger charge is 2.37. The Kier molecular flexibility index (Phi) is 3.88. The summed E-state index contributed by atoms with van der Waals surface area (Å²) < 4.78 is 0. The topological polar surface area (TPSA) is 55.1 Å². The summed E-state index contributed by atoms with van der Waals surface area (Å²) in [6.07, 6.45) is 0. The molecule has 0 aliphatic heterocycles. The molecular formula is C15H15ClN2O. The molecule has 2 rings (SSSR count). The Bertz CT molecular complexity index is 568. The van der Waals surface area contributed by atoms with E-state index in [1.807, 2.05) is 30.3 Å². The molecule has 3 nitrogen and oxygen atoms in total. The second-order valence-electron chi connectivity index (χ2n) is 4.26. The van der Waals surface area contributed by atoms with Crippen molar-refractivity contribution >= 4 is 17.5 Å². The molecule has 1 unspecified atom stereocenters. The molecule has 2 aromatic carbocycles. The molecule has 2 aromatic rings. The summed E-state index contributed by atoms with van der Waals surface area (Å²) in [5.74, 6) is -0.263. The van der Waals surface area contributed by atoms with Gasteiger partial charge in [-0.15, -0.1) is 0 Å². The summed E-state index contributed by atoms with van der Waals surface area (Å²) in [7, 11) is 1.57. The third-order valence-corrected chi connectivity index (χ3v) is 3.37. The lowest BCUT2D eigenvalue weighted by Crippen LogP contribution is -2.51. The van der Waals surface area contributed by atoms with Gasteiger partial charge in [0.2, 0.25) is 5.91 Å². The largest absolute Gasteiger partial charge is 0.357 e. The number of carbonyl (C=O) groups excluding carboxylic acids is 1. The van der Waals surface area contributed by atoms with Gasteiger partial charge < -0.3 is 11.1 Å². The Morgan fingerprint density at radius 1 is 1.05 bits per heavy atom. The first-order valence-electron chi connectivity index (χ1n) is 5.91. The first-order valence-corrected chi connectivity index (χ1v) is 6.29. The van der Waals surface area contributed by atoms with Crippen molar-refractivity contribution in [2.75, 3.05) is 7.05 Å². The van der Waals surface area contributed by atoms with Gasteiger partial charge in [0, 0.05) is 12.1 Å². The van der Waals surface area contributed by atoms with Crippen LogP contribution in [-0.4, -0.2) is 13.0 Å². The maximum atomic E-state index is 12.3. The second kappa shape index (κ2) is 5.43. The van der Waals surface area contributed by atoms with E-state index in [1.54, 1.807) is 31.3 Å². The van der Waals surface area contributed by atoms with Gasteiger partial charge in [0.05, 0.1) is 0 Å². The van der Waals surface area contributed by atoms with E-state index in [0.717, 1.165) is 5.56 Å². The van der Waals surface area contributed by atoms with Crippen LogP contribution in [0.25, 0.3) is 0 Å². The number of carbonyl (C=O) groups is 1. The maximum Gasteiger partial charge on any atom is 0.249 e. The number of benzene rings is 2. The van der Waals surface area contributed by atoms with Gasteiger partial charge in [0.1, 0.15) is 5.54 Å². The predicted octanol–water partition coefficient (Wildman–Crippen LogP) is 2.29. The average molecular weight is 275 g/mol. The highest BCUT2D eigenvalue weighted by atomic mass is 35.5. The molecule has 0 saturated carbocycles. The molecule has 98 valence electrons. The average Bonchev–Trinajstić information content (AvgIpc) is 2.47. The van der Waals surface area contributed by atoms with E-state index in [-0.39, 0.29) is 5.91 Å². The maximum absolute atomic E-state index is 12.3. The van der Waals surface area contributed by atoms with Gasteiger partial charge in [-0.05, 0) is 23.3 Å². The van der Waals surface area contributed by atoms with Crippen LogP contribution in [0.1, 0.15) is 11.1 Å². The standard InChI is InChI=1S/C15H15ClN2O/c1-18-14(19)15(17,11-5-3-2-4-6-11)12-7-9-13(16)10-8-12/h2-10H,17H2,1H3,(H,18,19). The number of hydrogen-bond donors (Lipinski definition) is 2. The number of halogens is 1. The fraction of sp³-hybridized carbons (Fsp3) is 0.133. The summed E-state index contributed by atoms with van der Waals surface area (Å²) in [6.45, 7) is 0. The molecule has 0 aliphatic carbocycles. The van der Waals surface area contributed by atoms with Crippen LogP contribution in [0, 0.1) is 0 Å². The van der Waals surface area contributed by atoms with Crippen molar-refractivity contribution in [2.24, 2.45) is 5.73 Å². The van der Waals surface area contributed by atoms with Gasteiger partial charge in [-0.3, -0.25) is 4.79 Å². The van der Waals surface area contributed by atoms with Crippen LogP contribution >= 0.6 is 11.6 Å². The first-order chi connectivity index (χ1) is 9.09. The fourth-order valence-electron chi connectivity index (χ4n) is 2.04. The third-order valence-electron chi connectivity index (χ3n) is 3.11. The van der Waals surface area contributed by atoms with Crippen LogP contribution in [-0.2, 0) is 10.3 Å². The van der Waals surface area contributed by atoms with E-state index in [1.165, 1.54) is 0 Å². The second-order valence-corrected chi connectivity index (χ2v) is 4.70. The zero-order chi connectivity index (χ0) is 13.9. The molecule has 1 atom stereocenters. The Hall–Kier alpha value is -1.84. The van der Waals surface area contributed by atoms with Gasteiger partial charge in [-0.25, -0.2) is 0 Å². The Balaban J connectivity index is 2.58. The van der Waals surface area contributed by atoms with Crippen molar-refractivity contribution < 1.29 is 4.79 Å². The SMILES string of the molecule is CNC(=O)C(N)(c1ccccc1)c1ccc(Cl)cc1. The zero-order valence-corrected chi connectivity index (χ0v) is 11.3. The summed E-state index contributed by atoms with van der Waals surface area (Å²) in [6, 6.07) is 16.3. The molecule has 0 spiro atoms. The van der Waals surface area contributed by atoms with E-state index < -0.39 is 5.54 Å². The molecule has 19 heavy (non-hydrogen) atoms. The summed E-state index contributed by atoms with van der Waals surface area (Å²) in [4.78, 5) is 12.3. The van der Waals surface area contributed by atoms with Crippen LogP contribution in [0.2, 0.25) is 5.02 Å². The van der Waals surface area contributed by atoms with Crippen LogP contribution in [0.15, 0.2) is 54.6 Å². The van der Waals surface area contributed by atoms with Crippen molar-refractivity contribution in [3.05, 3.63) is 70.7 Å². The minimum Gasteiger partial charge on any atom is -0.357 e. The van der Waals surface area contributed by atoms with Gasteiger partial charge in [0.15, 0.2) is 0 Å². The van der Waals surface area contributed by atoms with Crippen molar-refractivity contribution in [1.29, 1.82) is 0 Å². The lowest BCUT2D eigenvalue weighted by molar-refractivity contribution is -0.124. The molecule has 0 aliphatic rings. The molecule has 0 fully saturated rings. The Morgan fingerprint density at radius 3 is 2.11 bits per heavy atom. The molecule has 0 radical (unpaired) electrons. The van der Waals surface area contributed by atoms with E-state index in [0.29, 0.717) is 10.6 Å². The zero-order valence-electron chi connectivity index (χ0n) is 10.6. The van der Waals surface area contributed by atoms with Crippen LogP contribution < -0.4 is 11.1 Å². The Morgan fingerprint density at radius 2 is 1.58 bits per heavy atom. The minimum atomic E-state index is -1.22. The van der Waals surface area contributed by atoms with Crippen molar-refractivity contribution in [3.8, 4) is 0 Å². The Labute approximate surface area is 117 Å². The summed E-state index contributed by atoms with van der Waals surface area (Å²) >= 11 is 5.88. The number of amides is 1. The summed E-state index contributed by atoms with van der Waals surface area (Å²) in [5.41, 5.74) is 6.60.